The number of anilines is 1. The third kappa shape index (κ3) is 5.17. The minimum absolute atomic E-state index is 0.147. The van der Waals surface area contributed by atoms with Crippen LogP contribution in [0.3, 0.4) is 0 Å². The number of nitrogens with zero attached hydrogens (tertiary/aromatic N) is 2. The van der Waals surface area contributed by atoms with Crippen molar-refractivity contribution in [3.05, 3.63) is 65.2 Å². The van der Waals surface area contributed by atoms with Crippen LogP contribution in [0.1, 0.15) is 11.1 Å². The Labute approximate surface area is 171 Å². The van der Waals surface area contributed by atoms with Crippen molar-refractivity contribution in [2.24, 2.45) is 0 Å². The van der Waals surface area contributed by atoms with Crippen LogP contribution in [0, 0.1) is 18.3 Å². The highest BCUT2D eigenvalue weighted by Gasteiger charge is 2.17. The zero-order valence-corrected chi connectivity index (χ0v) is 16.9. The number of carbonyl (C=O) groups is 1. The Morgan fingerprint density at radius 2 is 2.10 bits per heavy atom. The summed E-state index contributed by atoms with van der Waals surface area (Å²) in [7, 11) is -3.71. The number of carbonyl (C=O) groups excluding carboxylic acids is 1. The first-order valence-corrected chi connectivity index (χ1v) is 10.7. The number of sulfonamides is 1. The van der Waals surface area contributed by atoms with Gasteiger partial charge in [0, 0.05) is 11.9 Å². The number of rotatable bonds is 7. The molecule has 8 nitrogen and oxygen atoms in total. The summed E-state index contributed by atoms with van der Waals surface area (Å²) in [6.07, 6.45) is 1.52. The van der Waals surface area contributed by atoms with Crippen molar-refractivity contribution in [2.45, 2.75) is 11.1 Å². The van der Waals surface area contributed by atoms with Gasteiger partial charge in [0.05, 0.1) is 6.54 Å². The fourth-order valence-electron chi connectivity index (χ4n) is 2.35. The zero-order chi connectivity index (χ0) is 20.9. The van der Waals surface area contributed by atoms with Crippen LogP contribution >= 0.6 is 11.3 Å². The standard InChI is InChI=1S/C19H16N4O4S2/c1-13-10-15(27-19-14(11-20)4-2-8-21-19)6-7-16(13)23-17(24)12-22-29(25,26)18-5-3-9-28-18/h2-10,22H,12H2,1H3,(H,23,24). The third-order valence-electron chi connectivity index (χ3n) is 3.76. The Kier molecular flexibility index (Phi) is 6.23. The molecule has 1 aromatic carbocycles. The largest absolute Gasteiger partial charge is 0.438 e. The number of thiophene rings is 1. The van der Waals surface area contributed by atoms with Gasteiger partial charge in [0.2, 0.25) is 11.8 Å². The van der Waals surface area contributed by atoms with Crippen molar-refractivity contribution in [1.82, 2.24) is 9.71 Å². The Bertz CT molecular complexity index is 1170. The molecule has 0 aliphatic carbocycles. The monoisotopic (exact) mass is 428 g/mol. The Hall–Kier alpha value is -3.26. The molecule has 0 saturated carbocycles. The lowest BCUT2D eigenvalue weighted by atomic mass is 10.2. The molecule has 3 rings (SSSR count). The minimum atomic E-state index is -3.71. The fraction of sp³-hybridized carbons (Fsp3) is 0.105. The summed E-state index contributed by atoms with van der Waals surface area (Å²) in [5.41, 5.74) is 1.52. The SMILES string of the molecule is Cc1cc(Oc2ncccc2C#N)ccc1NC(=O)CNS(=O)(=O)c1cccs1. The third-order valence-corrected chi connectivity index (χ3v) is 6.56. The van der Waals surface area contributed by atoms with Crippen molar-refractivity contribution in [2.75, 3.05) is 11.9 Å². The Balaban J connectivity index is 1.63. The van der Waals surface area contributed by atoms with E-state index < -0.39 is 22.5 Å². The smallest absolute Gasteiger partial charge is 0.250 e. The van der Waals surface area contributed by atoms with E-state index >= 15 is 0 Å². The van der Waals surface area contributed by atoms with Crippen LogP contribution < -0.4 is 14.8 Å². The number of nitriles is 1. The number of hydrogen-bond acceptors (Lipinski definition) is 7. The van der Waals surface area contributed by atoms with Gasteiger partial charge in [0.15, 0.2) is 0 Å². The van der Waals surface area contributed by atoms with E-state index in [1.54, 1.807) is 48.7 Å². The molecule has 148 valence electrons. The lowest BCUT2D eigenvalue weighted by Gasteiger charge is -2.11. The summed E-state index contributed by atoms with van der Waals surface area (Å²) >= 11 is 1.07. The molecule has 0 fully saturated rings. The molecule has 0 aliphatic heterocycles. The summed E-state index contributed by atoms with van der Waals surface area (Å²) in [6, 6.07) is 13.3. The van der Waals surface area contributed by atoms with Gasteiger partial charge >= 0.3 is 0 Å². The van der Waals surface area contributed by atoms with Crippen molar-refractivity contribution < 1.29 is 17.9 Å². The van der Waals surface area contributed by atoms with Crippen LogP contribution in [0.15, 0.2) is 58.3 Å². The second-order valence-corrected chi connectivity index (χ2v) is 8.79. The van der Waals surface area contributed by atoms with Crippen LogP contribution in [0.25, 0.3) is 0 Å². The predicted molar refractivity (Wildman–Crippen MR) is 108 cm³/mol. The molecule has 0 saturated heterocycles. The normalized spacial score (nSPS) is 10.9. The lowest BCUT2D eigenvalue weighted by Crippen LogP contribution is -2.32. The maximum Gasteiger partial charge on any atom is 0.250 e. The van der Waals surface area contributed by atoms with E-state index in [1.807, 2.05) is 6.07 Å². The second-order valence-electron chi connectivity index (χ2n) is 5.85. The number of pyridine rings is 1. The molecule has 1 amide bonds. The molecule has 0 radical (unpaired) electrons. The van der Waals surface area contributed by atoms with Gasteiger partial charge in [-0.25, -0.2) is 18.1 Å². The van der Waals surface area contributed by atoms with Gasteiger partial charge in [-0.2, -0.15) is 5.26 Å². The number of aryl methyl sites for hydroxylation is 1. The molecule has 2 N–H and O–H groups in total. The molecule has 29 heavy (non-hydrogen) atoms. The van der Waals surface area contributed by atoms with Gasteiger partial charge < -0.3 is 10.1 Å². The molecule has 2 heterocycles. The van der Waals surface area contributed by atoms with Gasteiger partial charge in [0.25, 0.3) is 10.0 Å². The van der Waals surface area contributed by atoms with E-state index in [0.717, 1.165) is 11.3 Å². The first kappa shape index (κ1) is 20.5. The second kappa shape index (κ2) is 8.83. The van der Waals surface area contributed by atoms with Crippen LogP contribution in [-0.2, 0) is 14.8 Å². The van der Waals surface area contributed by atoms with Crippen LogP contribution in [0.4, 0.5) is 5.69 Å². The molecule has 2 aromatic heterocycles. The van der Waals surface area contributed by atoms with Crippen LogP contribution in [-0.4, -0.2) is 25.9 Å². The molecule has 0 bridgehead atoms. The van der Waals surface area contributed by atoms with Crippen LogP contribution in [0.2, 0.25) is 0 Å². The van der Waals surface area contributed by atoms with Gasteiger partial charge in [-0.3, -0.25) is 4.79 Å². The molecule has 0 aliphatic rings. The number of hydrogen-bond donors (Lipinski definition) is 2. The minimum Gasteiger partial charge on any atom is -0.438 e. The molecule has 0 unspecified atom stereocenters. The van der Waals surface area contributed by atoms with Gasteiger partial charge in [0.1, 0.15) is 21.6 Å². The molecule has 0 spiro atoms. The van der Waals surface area contributed by atoms with Gasteiger partial charge in [-0.05, 0) is 54.3 Å². The highest BCUT2D eigenvalue weighted by Crippen LogP contribution is 2.26. The summed E-state index contributed by atoms with van der Waals surface area (Å²) in [4.78, 5) is 16.2. The molecular weight excluding hydrogens is 412 g/mol. The highest BCUT2D eigenvalue weighted by molar-refractivity contribution is 7.91. The maximum absolute atomic E-state index is 12.1. The van der Waals surface area contributed by atoms with E-state index in [-0.39, 0.29) is 10.1 Å². The summed E-state index contributed by atoms with van der Waals surface area (Å²) in [6.45, 7) is 1.37. The van der Waals surface area contributed by atoms with Gasteiger partial charge in [-0.15, -0.1) is 11.3 Å². The number of ether oxygens (including phenoxy) is 1. The molecule has 10 heteroatoms. The molecule has 0 atom stereocenters. The van der Waals surface area contributed by atoms with E-state index in [1.165, 1.54) is 12.3 Å². The van der Waals surface area contributed by atoms with Gasteiger partial charge in [-0.1, -0.05) is 6.07 Å². The number of amides is 1. The number of aromatic nitrogens is 1. The van der Waals surface area contributed by atoms with Crippen molar-refractivity contribution in [3.63, 3.8) is 0 Å². The molecular formula is C19H16N4O4S2. The topological polar surface area (TPSA) is 121 Å². The first-order valence-electron chi connectivity index (χ1n) is 8.36. The first-order chi connectivity index (χ1) is 13.9. The summed E-state index contributed by atoms with van der Waals surface area (Å²) in [5, 5.41) is 13.4. The summed E-state index contributed by atoms with van der Waals surface area (Å²) in [5.74, 6) is 0.140. The Morgan fingerprint density at radius 3 is 2.79 bits per heavy atom. The average Bonchev–Trinajstić information content (AvgIpc) is 3.25. The van der Waals surface area contributed by atoms with Crippen molar-refractivity contribution >= 4 is 33.0 Å². The van der Waals surface area contributed by atoms with E-state index in [9.17, 15) is 13.2 Å². The van der Waals surface area contributed by atoms with Crippen molar-refractivity contribution in [3.8, 4) is 17.7 Å². The summed E-state index contributed by atoms with van der Waals surface area (Å²) < 4.78 is 32.2. The van der Waals surface area contributed by atoms with E-state index in [0.29, 0.717) is 22.6 Å². The average molecular weight is 428 g/mol. The Morgan fingerprint density at radius 1 is 1.28 bits per heavy atom. The number of nitrogens with one attached hydrogen (secondary N) is 2. The van der Waals surface area contributed by atoms with E-state index in [2.05, 4.69) is 15.0 Å². The van der Waals surface area contributed by atoms with Crippen LogP contribution in [0.5, 0.6) is 11.6 Å². The van der Waals surface area contributed by atoms with E-state index in [4.69, 9.17) is 10.00 Å². The number of benzene rings is 1. The predicted octanol–water partition coefficient (Wildman–Crippen LogP) is 3.03. The zero-order valence-electron chi connectivity index (χ0n) is 15.2. The highest BCUT2D eigenvalue weighted by atomic mass is 32.2. The van der Waals surface area contributed by atoms with Crippen molar-refractivity contribution in [1.29, 1.82) is 5.26 Å². The quantitative estimate of drug-likeness (QED) is 0.597. The maximum atomic E-state index is 12.1. The molecule has 3 aromatic rings. The fourth-order valence-corrected chi connectivity index (χ4v) is 4.37. The lowest BCUT2D eigenvalue weighted by molar-refractivity contribution is -0.115.